The normalized spacial score (nSPS) is 25.2. The van der Waals surface area contributed by atoms with Gasteiger partial charge in [-0.1, -0.05) is 58.4 Å². The molecule has 3 aromatic rings. The lowest BCUT2D eigenvalue weighted by atomic mass is 9.90. The number of imide groups is 1. The average molecular weight is 562 g/mol. The van der Waals surface area contributed by atoms with Crippen LogP contribution in [0.4, 0.5) is 0 Å². The molecule has 37 heavy (non-hydrogen) atoms. The quantitative estimate of drug-likeness (QED) is 0.415. The highest BCUT2D eigenvalue weighted by molar-refractivity contribution is 9.10. The molecule has 190 valence electrons. The van der Waals surface area contributed by atoms with Crippen molar-refractivity contribution in [3.63, 3.8) is 0 Å². The molecule has 3 heterocycles. The summed E-state index contributed by atoms with van der Waals surface area (Å²) in [6.07, 6.45) is 0.536. The van der Waals surface area contributed by atoms with E-state index in [9.17, 15) is 14.4 Å². The molecule has 3 aliphatic rings. The number of amides is 2. The molecule has 0 N–H and O–H groups in total. The van der Waals surface area contributed by atoms with Crippen LogP contribution in [-0.4, -0.2) is 51.4 Å². The molecule has 0 saturated carbocycles. The van der Waals surface area contributed by atoms with Gasteiger partial charge >= 0.3 is 0 Å². The minimum Gasteiger partial charge on any atom is -0.301 e. The van der Waals surface area contributed by atoms with Crippen molar-refractivity contribution < 1.29 is 19.2 Å². The Labute approximate surface area is 224 Å². The fourth-order valence-corrected chi connectivity index (χ4v) is 6.68. The minimum atomic E-state index is -0.600. The number of fused-ring (bicyclic) bond motifs is 5. The second kappa shape index (κ2) is 8.84. The lowest BCUT2D eigenvalue weighted by Gasteiger charge is -2.38. The summed E-state index contributed by atoms with van der Waals surface area (Å²) in [6, 6.07) is 18.8. The van der Waals surface area contributed by atoms with Gasteiger partial charge in [-0.15, -0.1) is 0 Å². The van der Waals surface area contributed by atoms with Crippen molar-refractivity contribution in [3.8, 4) is 0 Å². The first-order valence-electron chi connectivity index (χ1n) is 12.5. The number of carbonyl (C=O) groups is 3. The van der Waals surface area contributed by atoms with Crippen molar-refractivity contribution in [3.05, 3.63) is 81.8 Å². The van der Waals surface area contributed by atoms with Gasteiger partial charge in [0.05, 0.1) is 25.1 Å². The Kier molecular flexibility index (Phi) is 5.84. The van der Waals surface area contributed by atoms with Crippen LogP contribution in [0, 0.1) is 5.92 Å². The Bertz CT molecular complexity index is 1450. The molecule has 0 unspecified atom stereocenters. The standard InChI is InChI=1S/C29H28BrN3O4/c1-29(2)15-25(34)32(31(29)16-18-9-6-8-17-7-4-5-10-20(17)18)28(36)23-14-24-27(35)21-12-11-19(30)13-22(21)26(23)33(24)37-3/h4-13,23-24,26H,14-16H2,1-3H3/t23-,24+,26+/m0/s1. The molecule has 3 aliphatic heterocycles. The predicted octanol–water partition coefficient (Wildman–Crippen LogP) is 5.05. The third-order valence-corrected chi connectivity index (χ3v) is 8.53. The average Bonchev–Trinajstić information content (AvgIpc) is 3.32. The zero-order valence-electron chi connectivity index (χ0n) is 21.0. The maximum Gasteiger partial charge on any atom is 0.249 e. The summed E-state index contributed by atoms with van der Waals surface area (Å²) in [7, 11) is 1.53. The van der Waals surface area contributed by atoms with Gasteiger partial charge in [0.15, 0.2) is 5.78 Å². The van der Waals surface area contributed by atoms with Crippen LogP contribution >= 0.6 is 15.9 Å². The summed E-state index contributed by atoms with van der Waals surface area (Å²) < 4.78 is 0.822. The molecule has 0 radical (unpaired) electrons. The first kappa shape index (κ1) is 24.4. The topological polar surface area (TPSA) is 70.2 Å². The van der Waals surface area contributed by atoms with Gasteiger partial charge < -0.3 is 4.84 Å². The zero-order chi connectivity index (χ0) is 26.1. The molecule has 0 aliphatic carbocycles. The number of rotatable bonds is 4. The maximum absolute atomic E-state index is 14.3. The van der Waals surface area contributed by atoms with Crippen LogP contribution in [0.3, 0.4) is 0 Å². The van der Waals surface area contributed by atoms with Crippen molar-refractivity contribution in [1.82, 2.24) is 15.1 Å². The van der Waals surface area contributed by atoms with Crippen LogP contribution in [0.25, 0.3) is 10.8 Å². The number of nitrogens with zero attached hydrogens (tertiary/aromatic N) is 3. The Balaban J connectivity index is 1.39. The zero-order valence-corrected chi connectivity index (χ0v) is 22.6. The first-order chi connectivity index (χ1) is 17.7. The number of carbonyl (C=O) groups excluding carboxylic acids is 3. The Morgan fingerprint density at radius 2 is 1.84 bits per heavy atom. The number of halogens is 1. The van der Waals surface area contributed by atoms with Crippen LogP contribution in [0.15, 0.2) is 65.1 Å². The van der Waals surface area contributed by atoms with E-state index >= 15 is 0 Å². The third kappa shape index (κ3) is 3.77. The van der Waals surface area contributed by atoms with Gasteiger partial charge in [0.2, 0.25) is 11.8 Å². The fraction of sp³-hybridized carbons (Fsp3) is 0.345. The summed E-state index contributed by atoms with van der Waals surface area (Å²) >= 11 is 3.51. The summed E-state index contributed by atoms with van der Waals surface area (Å²) in [6.45, 7) is 4.41. The van der Waals surface area contributed by atoms with Crippen molar-refractivity contribution in [1.29, 1.82) is 0 Å². The van der Waals surface area contributed by atoms with Crippen LogP contribution in [0.5, 0.6) is 0 Å². The number of Topliss-reactive ketones (excluding diaryl/α,β-unsaturated/α-hetero) is 1. The van der Waals surface area contributed by atoms with E-state index in [0.29, 0.717) is 18.5 Å². The lowest BCUT2D eigenvalue weighted by Crippen LogP contribution is -2.51. The van der Waals surface area contributed by atoms with Crippen molar-refractivity contribution >= 4 is 44.3 Å². The summed E-state index contributed by atoms with van der Waals surface area (Å²) in [4.78, 5) is 46.6. The molecule has 2 bridgehead atoms. The Hall–Kier alpha value is -2.91. The minimum absolute atomic E-state index is 0.0587. The van der Waals surface area contributed by atoms with Crippen LogP contribution in [-0.2, 0) is 21.0 Å². The molecule has 2 saturated heterocycles. The summed E-state index contributed by atoms with van der Waals surface area (Å²) in [5.74, 6) is -1.17. The lowest BCUT2D eigenvalue weighted by molar-refractivity contribution is -0.178. The largest absolute Gasteiger partial charge is 0.301 e. The van der Waals surface area contributed by atoms with E-state index in [1.807, 2.05) is 55.3 Å². The number of hydrogen-bond donors (Lipinski definition) is 0. The van der Waals surface area contributed by atoms with Gasteiger partial charge in [0.25, 0.3) is 0 Å². The van der Waals surface area contributed by atoms with Crippen LogP contribution in [0.2, 0.25) is 0 Å². The second-order valence-corrected chi connectivity index (χ2v) is 11.6. The highest BCUT2D eigenvalue weighted by Gasteiger charge is 2.57. The fourth-order valence-electron chi connectivity index (χ4n) is 6.30. The van der Waals surface area contributed by atoms with Gasteiger partial charge in [0, 0.05) is 28.5 Å². The molecular formula is C29H28BrN3O4. The van der Waals surface area contributed by atoms with Gasteiger partial charge in [-0.2, -0.15) is 5.06 Å². The van der Waals surface area contributed by atoms with E-state index in [1.54, 1.807) is 11.1 Å². The van der Waals surface area contributed by atoms with Gasteiger partial charge in [0.1, 0.15) is 0 Å². The van der Waals surface area contributed by atoms with Crippen molar-refractivity contribution in [2.75, 3.05) is 7.11 Å². The molecule has 3 atom stereocenters. The first-order valence-corrected chi connectivity index (χ1v) is 13.3. The summed E-state index contributed by atoms with van der Waals surface area (Å²) in [5, 5.41) is 7.10. The second-order valence-electron chi connectivity index (χ2n) is 10.7. The number of ketones is 1. The van der Waals surface area contributed by atoms with E-state index in [-0.39, 0.29) is 24.0 Å². The van der Waals surface area contributed by atoms with Crippen molar-refractivity contribution in [2.45, 2.75) is 50.9 Å². The number of hydroxylamine groups is 2. The number of hydrogen-bond acceptors (Lipinski definition) is 6. The van der Waals surface area contributed by atoms with Crippen molar-refractivity contribution in [2.24, 2.45) is 5.92 Å². The van der Waals surface area contributed by atoms with E-state index in [2.05, 4.69) is 34.1 Å². The van der Waals surface area contributed by atoms with Gasteiger partial charge in [-0.25, -0.2) is 10.0 Å². The highest BCUT2D eigenvalue weighted by atomic mass is 79.9. The molecule has 7 nitrogen and oxygen atoms in total. The molecule has 3 aromatic carbocycles. The van der Waals surface area contributed by atoms with E-state index in [4.69, 9.17) is 4.84 Å². The summed E-state index contributed by atoms with van der Waals surface area (Å²) in [5.41, 5.74) is 1.86. The van der Waals surface area contributed by atoms with Gasteiger partial charge in [-0.05, 0) is 60.4 Å². The third-order valence-electron chi connectivity index (χ3n) is 8.04. The van der Waals surface area contributed by atoms with Crippen LogP contribution in [0.1, 0.15) is 54.2 Å². The Morgan fingerprint density at radius 3 is 2.62 bits per heavy atom. The Morgan fingerprint density at radius 1 is 1.08 bits per heavy atom. The molecule has 2 fully saturated rings. The monoisotopic (exact) mass is 561 g/mol. The smallest absolute Gasteiger partial charge is 0.249 e. The molecule has 6 rings (SSSR count). The SMILES string of the molecule is CON1[C@@H]2C[C@H](C(=O)N3C(=O)CC(C)(C)N3Cc3cccc4ccccc34)[C@H]1c1cc(Br)ccc1C2=O. The van der Waals surface area contributed by atoms with E-state index < -0.39 is 23.5 Å². The van der Waals surface area contributed by atoms with Gasteiger partial charge in [-0.3, -0.25) is 14.4 Å². The molecule has 0 spiro atoms. The highest BCUT2D eigenvalue weighted by Crippen LogP contribution is 2.49. The number of benzene rings is 3. The predicted molar refractivity (Wildman–Crippen MR) is 142 cm³/mol. The molecule has 8 heteroatoms. The van der Waals surface area contributed by atoms with E-state index in [1.165, 1.54) is 12.1 Å². The van der Waals surface area contributed by atoms with E-state index in [0.717, 1.165) is 26.4 Å². The maximum atomic E-state index is 14.3. The molecular weight excluding hydrogens is 534 g/mol. The molecule has 2 amide bonds. The molecule has 0 aromatic heterocycles. The van der Waals surface area contributed by atoms with Crippen LogP contribution < -0.4 is 0 Å². The number of hydrazine groups is 1.